The molecule has 6 nitrogen and oxygen atoms in total. The lowest BCUT2D eigenvalue weighted by molar-refractivity contribution is -0.682. The molecule has 0 aromatic heterocycles. The van der Waals surface area contributed by atoms with Crippen LogP contribution in [0.15, 0.2) is 12.1 Å². The summed E-state index contributed by atoms with van der Waals surface area (Å²) in [5, 5.41) is 5.11. The van der Waals surface area contributed by atoms with Crippen molar-refractivity contribution in [3.63, 3.8) is 0 Å². The van der Waals surface area contributed by atoms with E-state index >= 15 is 0 Å². The lowest BCUT2D eigenvalue weighted by Crippen LogP contribution is -2.87. The van der Waals surface area contributed by atoms with Crippen molar-refractivity contribution in [2.45, 2.75) is 38.8 Å². The van der Waals surface area contributed by atoms with Crippen molar-refractivity contribution in [3.05, 3.63) is 33.6 Å². The maximum atomic E-state index is 13.6. The molecule has 1 saturated heterocycles. The number of carbonyl (C=O) groups is 2. The van der Waals surface area contributed by atoms with Gasteiger partial charge in [0.05, 0.1) is 16.7 Å². The quantitative estimate of drug-likeness (QED) is 0.694. The van der Waals surface area contributed by atoms with E-state index in [0.717, 1.165) is 0 Å². The Balaban J connectivity index is 1.77. The van der Waals surface area contributed by atoms with Gasteiger partial charge in [0.15, 0.2) is 6.54 Å². The zero-order valence-electron chi connectivity index (χ0n) is 15.4. The van der Waals surface area contributed by atoms with Crippen LogP contribution < -0.4 is 10.6 Å². The highest BCUT2D eigenvalue weighted by atomic mass is 35.5. The first-order chi connectivity index (χ1) is 12.8. The molecule has 0 aliphatic carbocycles. The molecule has 1 fully saturated rings. The van der Waals surface area contributed by atoms with Gasteiger partial charge in [0.25, 0.3) is 5.91 Å². The normalized spacial score (nSPS) is 16.1. The predicted molar refractivity (Wildman–Crippen MR) is 101 cm³/mol. The fourth-order valence-electron chi connectivity index (χ4n) is 3.01. The number of benzene rings is 1. The number of nitrogens with one attached hydrogen (secondary N) is 1. The van der Waals surface area contributed by atoms with Gasteiger partial charge >= 0.3 is 6.09 Å². The van der Waals surface area contributed by atoms with E-state index < -0.39 is 5.82 Å². The van der Waals surface area contributed by atoms with Crippen molar-refractivity contribution in [3.8, 4) is 0 Å². The van der Waals surface area contributed by atoms with E-state index in [1.54, 1.807) is 17.1 Å². The highest BCUT2D eigenvalue weighted by Gasteiger charge is 2.25. The van der Waals surface area contributed by atoms with Crippen LogP contribution in [0.3, 0.4) is 0 Å². The molecule has 0 radical (unpaired) electrons. The van der Waals surface area contributed by atoms with Gasteiger partial charge in [0.1, 0.15) is 11.9 Å². The Bertz CT molecular complexity index is 682. The summed E-state index contributed by atoms with van der Waals surface area (Å²) in [5.41, 5.74) is 0.592. The third kappa shape index (κ3) is 6.23. The lowest BCUT2D eigenvalue weighted by Gasteiger charge is -2.31. The van der Waals surface area contributed by atoms with Gasteiger partial charge in [-0.2, -0.15) is 0 Å². The average Bonchev–Trinajstić information content (AvgIpc) is 2.63. The summed E-state index contributed by atoms with van der Waals surface area (Å²) >= 11 is 11.8. The van der Waals surface area contributed by atoms with Gasteiger partial charge in [-0.15, -0.1) is 0 Å². The molecule has 0 spiro atoms. The summed E-state index contributed by atoms with van der Waals surface area (Å²) < 4.78 is 18.6. The maximum Gasteiger partial charge on any atom is 0.409 e. The molecule has 2 amide bonds. The number of piperidine rings is 1. The summed E-state index contributed by atoms with van der Waals surface area (Å²) in [7, 11) is 0. The molecule has 0 saturated carbocycles. The first-order valence-electron chi connectivity index (χ1n) is 9.00. The van der Waals surface area contributed by atoms with E-state index in [2.05, 4.69) is 5.32 Å². The van der Waals surface area contributed by atoms with Crippen LogP contribution in [0.1, 0.15) is 38.3 Å². The monoisotopic (exact) mass is 420 g/mol. The minimum Gasteiger partial charge on any atom is -0.450 e. The molecule has 1 heterocycles. The van der Waals surface area contributed by atoms with E-state index in [0.29, 0.717) is 43.1 Å². The number of nitrogens with two attached hydrogens (primary N) is 1. The highest BCUT2D eigenvalue weighted by molar-refractivity contribution is 6.35. The summed E-state index contributed by atoms with van der Waals surface area (Å²) in [4.78, 5) is 25.5. The summed E-state index contributed by atoms with van der Waals surface area (Å²) in [5.74, 6) is -0.642. The van der Waals surface area contributed by atoms with Gasteiger partial charge in [-0.1, -0.05) is 23.2 Å². The van der Waals surface area contributed by atoms with Gasteiger partial charge in [0.2, 0.25) is 0 Å². The van der Waals surface area contributed by atoms with Crippen LogP contribution in [0, 0.1) is 5.82 Å². The highest BCUT2D eigenvalue weighted by Crippen LogP contribution is 2.27. The van der Waals surface area contributed by atoms with Gasteiger partial charge in [-0.25, -0.2) is 9.18 Å². The Morgan fingerprint density at radius 3 is 2.63 bits per heavy atom. The van der Waals surface area contributed by atoms with Gasteiger partial charge < -0.3 is 20.3 Å². The molecule has 1 aliphatic rings. The third-order valence-electron chi connectivity index (χ3n) is 4.57. The van der Waals surface area contributed by atoms with Crippen molar-refractivity contribution in [2.24, 2.45) is 0 Å². The molecule has 0 unspecified atom stereocenters. The molecular weight excluding hydrogens is 396 g/mol. The van der Waals surface area contributed by atoms with E-state index in [-0.39, 0.29) is 35.7 Å². The maximum absolute atomic E-state index is 13.6. The second kappa shape index (κ2) is 10.1. The Labute approximate surface area is 168 Å². The average molecular weight is 421 g/mol. The molecule has 150 valence electrons. The Hall–Kier alpha value is -1.57. The Kier molecular flexibility index (Phi) is 8.13. The fraction of sp³-hybridized carbons (Fsp3) is 0.556. The number of hydrogen-bond acceptors (Lipinski definition) is 3. The minimum atomic E-state index is -0.533. The van der Waals surface area contributed by atoms with Crippen LogP contribution in [-0.2, 0) is 9.53 Å². The Morgan fingerprint density at radius 1 is 1.33 bits per heavy atom. The second-order valence-electron chi connectivity index (χ2n) is 6.54. The predicted octanol–water partition coefficient (Wildman–Crippen LogP) is 2.49. The van der Waals surface area contributed by atoms with E-state index in [4.69, 9.17) is 27.9 Å². The fourth-order valence-corrected chi connectivity index (χ4v) is 3.56. The van der Waals surface area contributed by atoms with Crippen LogP contribution >= 0.6 is 23.2 Å². The van der Waals surface area contributed by atoms with Gasteiger partial charge in [-0.05, 0) is 38.8 Å². The van der Waals surface area contributed by atoms with Gasteiger partial charge in [0, 0.05) is 24.7 Å². The molecule has 1 atom stereocenters. The first kappa shape index (κ1) is 21.7. The molecule has 1 aromatic carbocycles. The molecule has 0 bridgehead atoms. The van der Waals surface area contributed by atoms with E-state index in [1.807, 2.05) is 6.92 Å². The summed E-state index contributed by atoms with van der Waals surface area (Å²) in [6.07, 6.45) is 1.07. The third-order valence-corrected chi connectivity index (χ3v) is 5.19. The lowest BCUT2D eigenvalue weighted by atomic mass is 10.1. The van der Waals surface area contributed by atoms with Crippen molar-refractivity contribution in [1.29, 1.82) is 0 Å². The zero-order valence-corrected chi connectivity index (χ0v) is 16.9. The van der Waals surface area contributed by atoms with E-state index in [1.165, 1.54) is 12.1 Å². The van der Waals surface area contributed by atoms with Crippen LogP contribution in [0.5, 0.6) is 0 Å². The van der Waals surface area contributed by atoms with Crippen molar-refractivity contribution in [2.75, 3.05) is 26.2 Å². The number of hydrogen-bond donors (Lipinski definition) is 2. The number of nitrogens with zero attached hydrogens (tertiary/aromatic N) is 1. The molecular formula is C18H25Cl2FN3O3+. The number of amides is 2. The topological polar surface area (TPSA) is 75.2 Å². The van der Waals surface area contributed by atoms with Gasteiger partial charge in [-0.3, -0.25) is 4.79 Å². The SMILES string of the molecule is CCOC(=O)N1CCC(NC(=O)C[NH2+][C@@H](C)c2cc(F)c(Cl)cc2Cl)CC1. The number of ether oxygens (including phenoxy) is 1. The summed E-state index contributed by atoms with van der Waals surface area (Å²) in [6, 6.07) is 2.51. The molecule has 2 rings (SSSR count). The number of likely N-dealkylation sites (tertiary alicyclic amines) is 1. The number of carbonyl (C=O) groups excluding carboxylic acids is 2. The second-order valence-corrected chi connectivity index (χ2v) is 7.36. The zero-order chi connectivity index (χ0) is 20.0. The molecule has 3 N–H and O–H groups in total. The van der Waals surface area contributed by atoms with Crippen LogP contribution in [0.4, 0.5) is 9.18 Å². The number of rotatable bonds is 6. The standard InChI is InChI=1S/C18H24Cl2FN3O3/c1-3-27-18(26)24-6-4-12(5-7-24)23-17(25)10-22-11(2)13-8-16(21)15(20)9-14(13)19/h8-9,11-12,22H,3-7,10H2,1-2H3,(H,23,25)/p+1/t11-/m0/s1. The van der Waals surface area contributed by atoms with Crippen LogP contribution in [-0.4, -0.2) is 49.2 Å². The first-order valence-corrected chi connectivity index (χ1v) is 9.76. The van der Waals surface area contributed by atoms with Crippen molar-refractivity contribution < 1.29 is 24.0 Å². The summed E-state index contributed by atoms with van der Waals surface area (Å²) in [6.45, 7) is 5.28. The van der Waals surface area contributed by atoms with Crippen molar-refractivity contribution in [1.82, 2.24) is 10.2 Å². The number of halogens is 3. The van der Waals surface area contributed by atoms with Crippen molar-refractivity contribution >= 4 is 35.2 Å². The van der Waals surface area contributed by atoms with Crippen LogP contribution in [0.25, 0.3) is 0 Å². The molecule has 9 heteroatoms. The smallest absolute Gasteiger partial charge is 0.409 e. The Morgan fingerprint density at radius 2 is 2.00 bits per heavy atom. The minimum absolute atomic E-state index is 0.0251. The molecule has 1 aromatic rings. The number of quaternary nitrogens is 1. The largest absolute Gasteiger partial charge is 0.450 e. The van der Waals surface area contributed by atoms with Crippen LogP contribution in [0.2, 0.25) is 10.0 Å². The van der Waals surface area contributed by atoms with E-state index in [9.17, 15) is 14.0 Å². The molecule has 27 heavy (non-hydrogen) atoms. The molecule has 1 aliphatic heterocycles.